The van der Waals surface area contributed by atoms with Crippen LogP contribution in [0.5, 0.6) is 0 Å². The Kier molecular flexibility index (Phi) is 1.84. The Morgan fingerprint density at radius 2 is 1.80 bits per heavy atom. The van der Waals surface area contributed by atoms with E-state index in [2.05, 4.69) is 15.3 Å². The Morgan fingerprint density at radius 3 is 2.47 bits per heavy atom. The second kappa shape index (κ2) is 3.19. The van der Waals surface area contributed by atoms with Crippen LogP contribution in [0.1, 0.15) is 18.5 Å². The first-order valence-corrected chi connectivity index (χ1v) is 5.33. The highest BCUT2D eigenvalue weighted by Gasteiger charge is 2.22. The van der Waals surface area contributed by atoms with Crippen LogP contribution in [-0.2, 0) is 0 Å². The third kappa shape index (κ3) is 1.65. The lowest BCUT2D eigenvalue weighted by Crippen LogP contribution is -2.06. The highest BCUT2D eigenvalue weighted by Crippen LogP contribution is 2.25. The van der Waals surface area contributed by atoms with Gasteiger partial charge in [0, 0.05) is 6.04 Å². The predicted molar refractivity (Wildman–Crippen MR) is 60.9 cm³/mol. The fourth-order valence-electron chi connectivity index (χ4n) is 1.65. The van der Waals surface area contributed by atoms with E-state index < -0.39 is 0 Å². The minimum atomic E-state index is 0.624. The Bertz CT molecular complexity index is 503. The van der Waals surface area contributed by atoms with E-state index in [0.717, 1.165) is 22.5 Å². The monoisotopic (exact) mass is 199 g/mol. The lowest BCUT2D eigenvalue weighted by Gasteiger charge is -2.07. The van der Waals surface area contributed by atoms with Crippen LogP contribution in [0.3, 0.4) is 0 Å². The van der Waals surface area contributed by atoms with Crippen molar-refractivity contribution < 1.29 is 0 Å². The van der Waals surface area contributed by atoms with Crippen molar-refractivity contribution in [2.45, 2.75) is 25.8 Å². The average molecular weight is 199 g/mol. The highest BCUT2D eigenvalue weighted by molar-refractivity contribution is 5.76. The molecule has 1 aliphatic rings. The lowest BCUT2D eigenvalue weighted by atomic mass is 10.3. The number of fused-ring (bicyclic) bond motifs is 1. The van der Waals surface area contributed by atoms with E-state index >= 15 is 0 Å². The largest absolute Gasteiger partial charge is 0.366 e. The maximum Gasteiger partial charge on any atom is 0.148 e. The standard InChI is InChI=1S/C12H13N3/c1-8-12(14-9-6-7-9)15-11-5-3-2-4-10(11)13-8/h2-5,9H,6-7H2,1H3,(H,14,15). The molecule has 1 N–H and O–H groups in total. The van der Waals surface area contributed by atoms with Crippen molar-refractivity contribution in [2.24, 2.45) is 0 Å². The molecule has 0 radical (unpaired) electrons. The third-order valence-corrected chi connectivity index (χ3v) is 2.66. The van der Waals surface area contributed by atoms with Crippen LogP contribution >= 0.6 is 0 Å². The number of nitrogens with one attached hydrogen (secondary N) is 1. The van der Waals surface area contributed by atoms with Crippen LogP contribution < -0.4 is 5.32 Å². The van der Waals surface area contributed by atoms with Gasteiger partial charge < -0.3 is 5.32 Å². The maximum absolute atomic E-state index is 4.58. The van der Waals surface area contributed by atoms with Crippen LogP contribution in [0, 0.1) is 6.92 Å². The zero-order chi connectivity index (χ0) is 10.3. The summed E-state index contributed by atoms with van der Waals surface area (Å²) in [7, 11) is 0. The summed E-state index contributed by atoms with van der Waals surface area (Å²) in [5.41, 5.74) is 2.92. The van der Waals surface area contributed by atoms with Gasteiger partial charge in [0.1, 0.15) is 5.82 Å². The van der Waals surface area contributed by atoms with Gasteiger partial charge >= 0.3 is 0 Å². The summed E-state index contributed by atoms with van der Waals surface area (Å²) in [6.45, 7) is 2.00. The van der Waals surface area contributed by atoms with Gasteiger partial charge in [0.15, 0.2) is 0 Å². The Morgan fingerprint density at radius 1 is 1.13 bits per heavy atom. The van der Waals surface area contributed by atoms with Crippen LogP contribution in [0.2, 0.25) is 0 Å². The molecule has 0 saturated heterocycles. The van der Waals surface area contributed by atoms with Gasteiger partial charge in [-0.1, -0.05) is 12.1 Å². The summed E-state index contributed by atoms with van der Waals surface area (Å²) in [5, 5.41) is 3.40. The molecule has 0 spiro atoms. The zero-order valence-corrected chi connectivity index (χ0v) is 8.70. The van der Waals surface area contributed by atoms with Crippen molar-refractivity contribution in [1.29, 1.82) is 0 Å². The number of hydrogen-bond acceptors (Lipinski definition) is 3. The molecule has 2 aromatic rings. The van der Waals surface area contributed by atoms with Crippen molar-refractivity contribution in [3.63, 3.8) is 0 Å². The molecule has 0 unspecified atom stereocenters. The number of anilines is 1. The van der Waals surface area contributed by atoms with Gasteiger partial charge in [-0.05, 0) is 31.9 Å². The van der Waals surface area contributed by atoms with E-state index in [-0.39, 0.29) is 0 Å². The molecule has 15 heavy (non-hydrogen) atoms. The van der Waals surface area contributed by atoms with E-state index in [0.29, 0.717) is 6.04 Å². The first kappa shape index (κ1) is 8.65. The summed E-state index contributed by atoms with van der Waals surface area (Å²) in [6, 6.07) is 8.60. The van der Waals surface area contributed by atoms with Crippen molar-refractivity contribution >= 4 is 16.9 Å². The van der Waals surface area contributed by atoms with Crippen LogP contribution in [0.15, 0.2) is 24.3 Å². The van der Waals surface area contributed by atoms with Crippen molar-refractivity contribution in [2.75, 3.05) is 5.32 Å². The number of aromatic nitrogens is 2. The van der Waals surface area contributed by atoms with Crippen LogP contribution in [0.4, 0.5) is 5.82 Å². The fraction of sp³-hybridized carbons (Fsp3) is 0.333. The van der Waals surface area contributed by atoms with Crippen LogP contribution in [-0.4, -0.2) is 16.0 Å². The predicted octanol–water partition coefficient (Wildman–Crippen LogP) is 2.51. The number of benzene rings is 1. The van der Waals surface area contributed by atoms with E-state index in [9.17, 15) is 0 Å². The minimum Gasteiger partial charge on any atom is -0.366 e. The molecule has 0 bridgehead atoms. The smallest absolute Gasteiger partial charge is 0.148 e. The van der Waals surface area contributed by atoms with Gasteiger partial charge in [0.25, 0.3) is 0 Å². The molecule has 0 amide bonds. The SMILES string of the molecule is Cc1nc2ccccc2nc1NC1CC1. The van der Waals surface area contributed by atoms with Crippen LogP contribution in [0.25, 0.3) is 11.0 Å². The molecule has 1 aliphatic carbocycles. The molecule has 3 rings (SSSR count). The van der Waals surface area contributed by atoms with E-state index in [4.69, 9.17) is 0 Å². The Hall–Kier alpha value is -1.64. The third-order valence-electron chi connectivity index (χ3n) is 2.66. The summed E-state index contributed by atoms with van der Waals surface area (Å²) >= 11 is 0. The lowest BCUT2D eigenvalue weighted by molar-refractivity contribution is 1.08. The number of rotatable bonds is 2. The number of hydrogen-bond donors (Lipinski definition) is 1. The summed E-state index contributed by atoms with van der Waals surface area (Å²) in [4.78, 5) is 9.11. The molecule has 1 heterocycles. The summed E-state index contributed by atoms with van der Waals surface area (Å²) in [5.74, 6) is 0.941. The van der Waals surface area contributed by atoms with Crippen molar-refractivity contribution in [3.05, 3.63) is 30.0 Å². The Labute approximate surface area is 88.6 Å². The number of nitrogens with zero attached hydrogens (tertiary/aromatic N) is 2. The van der Waals surface area contributed by atoms with Gasteiger partial charge in [-0.2, -0.15) is 0 Å². The van der Waals surface area contributed by atoms with Gasteiger partial charge in [-0.25, -0.2) is 9.97 Å². The molecular formula is C12H13N3. The van der Waals surface area contributed by atoms with Gasteiger partial charge in [0.2, 0.25) is 0 Å². The molecule has 3 heteroatoms. The topological polar surface area (TPSA) is 37.8 Å². The van der Waals surface area contributed by atoms with Gasteiger partial charge in [0.05, 0.1) is 16.7 Å². The van der Waals surface area contributed by atoms with E-state index in [1.54, 1.807) is 0 Å². The molecule has 1 aromatic heterocycles. The zero-order valence-electron chi connectivity index (χ0n) is 8.70. The van der Waals surface area contributed by atoms with E-state index in [1.165, 1.54) is 12.8 Å². The number of para-hydroxylation sites is 2. The molecular weight excluding hydrogens is 186 g/mol. The first-order valence-electron chi connectivity index (χ1n) is 5.33. The second-order valence-corrected chi connectivity index (χ2v) is 4.06. The quantitative estimate of drug-likeness (QED) is 0.807. The minimum absolute atomic E-state index is 0.624. The summed E-state index contributed by atoms with van der Waals surface area (Å²) in [6.07, 6.45) is 2.52. The molecule has 76 valence electrons. The van der Waals surface area contributed by atoms with E-state index in [1.807, 2.05) is 31.2 Å². The fourth-order valence-corrected chi connectivity index (χ4v) is 1.65. The van der Waals surface area contributed by atoms with Gasteiger partial charge in [-0.15, -0.1) is 0 Å². The Balaban J connectivity index is 2.08. The highest BCUT2D eigenvalue weighted by atomic mass is 15.1. The summed E-state index contributed by atoms with van der Waals surface area (Å²) < 4.78 is 0. The molecule has 1 aromatic carbocycles. The van der Waals surface area contributed by atoms with Crippen molar-refractivity contribution in [3.8, 4) is 0 Å². The average Bonchev–Trinajstić information content (AvgIpc) is 3.03. The molecule has 0 atom stereocenters. The molecule has 0 aliphatic heterocycles. The number of aryl methyl sites for hydroxylation is 1. The maximum atomic E-state index is 4.58. The molecule has 1 saturated carbocycles. The van der Waals surface area contributed by atoms with Gasteiger partial charge in [-0.3, -0.25) is 0 Å². The molecule has 3 nitrogen and oxygen atoms in total. The molecule has 1 fully saturated rings. The van der Waals surface area contributed by atoms with Crippen molar-refractivity contribution in [1.82, 2.24) is 9.97 Å². The first-order chi connectivity index (χ1) is 7.33. The second-order valence-electron chi connectivity index (χ2n) is 4.06. The normalized spacial score (nSPS) is 15.5.